The standard InChI is InChI=1S/C10H19NO3/c1-4-5-7-14-8-6-11-9(12)10(2,3)13/h4,13H,1,5-8H2,2-3H3,(H,11,12). The first-order valence-electron chi connectivity index (χ1n) is 4.68. The van der Waals surface area contributed by atoms with Crippen molar-refractivity contribution in [3.05, 3.63) is 12.7 Å². The number of hydrogen-bond acceptors (Lipinski definition) is 3. The maximum atomic E-state index is 11.1. The van der Waals surface area contributed by atoms with Gasteiger partial charge in [-0.15, -0.1) is 6.58 Å². The van der Waals surface area contributed by atoms with Gasteiger partial charge in [0.15, 0.2) is 0 Å². The fraction of sp³-hybridized carbons (Fsp3) is 0.700. The van der Waals surface area contributed by atoms with Crippen LogP contribution in [0.2, 0.25) is 0 Å². The summed E-state index contributed by atoms with van der Waals surface area (Å²) in [6.45, 7) is 7.93. The predicted octanol–water partition coefficient (Wildman–Crippen LogP) is 0.466. The van der Waals surface area contributed by atoms with Gasteiger partial charge >= 0.3 is 0 Å². The lowest BCUT2D eigenvalue weighted by Gasteiger charge is -2.16. The summed E-state index contributed by atoms with van der Waals surface area (Å²) in [5, 5.41) is 11.8. The van der Waals surface area contributed by atoms with E-state index < -0.39 is 5.60 Å². The Morgan fingerprint density at radius 3 is 2.71 bits per heavy atom. The van der Waals surface area contributed by atoms with Crippen molar-refractivity contribution >= 4 is 5.91 Å². The molecule has 14 heavy (non-hydrogen) atoms. The van der Waals surface area contributed by atoms with E-state index in [1.54, 1.807) is 6.08 Å². The molecule has 0 saturated carbocycles. The van der Waals surface area contributed by atoms with Crippen LogP contribution in [0.25, 0.3) is 0 Å². The lowest BCUT2D eigenvalue weighted by Crippen LogP contribution is -2.43. The molecule has 0 aromatic heterocycles. The highest BCUT2D eigenvalue weighted by atomic mass is 16.5. The zero-order valence-electron chi connectivity index (χ0n) is 8.88. The molecule has 1 amide bonds. The van der Waals surface area contributed by atoms with E-state index in [1.165, 1.54) is 13.8 Å². The van der Waals surface area contributed by atoms with E-state index in [2.05, 4.69) is 11.9 Å². The number of rotatable bonds is 7. The summed E-state index contributed by atoms with van der Waals surface area (Å²) in [6, 6.07) is 0. The lowest BCUT2D eigenvalue weighted by molar-refractivity contribution is -0.136. The van der Waals surface area contributed by atoms with Crippen molar-refractivity contribution in [3.63, 3.8) is 0 Å². The summed E-state index contributed by atoms with van der Waals surface area (Å²) in [5.41, 5.74) is -1.32. The molecule has 0 aromatic rings. The van der Waals surface area contributed by atoms with E-state index in [4.69, 9.17) is 4.74 Å². The van der Waals surface area contributed by atoms with E-state index in [0.717, 1.165) is 6.42 Å². The van der Waals surface area contributed by atoms with Crippen molar-refractivity contribution in [3.8, 4) is 0 Å². The van der Waals surface area contributed by atoms with Gasteiger partial charge < -0.3 is 15.2 Å². The smallest absolute Gasteiger partial charge is 0.251 e. The van der Waals surface area contributed by atoms with Crippen LogP contribution >= 0.6 is 0 Å². The minimum Gasteiger partial charge on any atom is -0.381 e. The molecule has 0 aliphatic heterocycles. The molecule has 2 N–H and O–H groups in total. The molecule has 0 heterocycles. The molecule has 0 unspecified atom stereocenters. The highest BCUT2D eigenvalue weighted by molar-refractivity contribution is 5.83. The van der Waals surface area contributed by atoms with Crippen molar-refractivity contribution in [2.45, 2.75) is 25.9 Å². The van der Waals surface area contributed by atoms with Crippen LogP contribution in [-0.4, -0.2) is 36.4 Å². The average molecular weight is 201 g/mol. The Bertz CT molecular complexity index is 184. The Hall–Kier alpha value is -0.870. The van der Waals surface area contributed by atoms with E-state index in [9.17, 15) is 9.90 Å². The molecule has 0 aliphatic rings. The van der Waals surface area contributed by atoms with Crippen molar-refractivity contribution in [2.24, 2.45) is 0 Å². The molecule has 0 fully saturated rings. The van der Waals surface area contributed by atoms with E-state index >= 15 is 0 Å². The molecule has 0 saturated heterocycles. The maximum Gasteiger partial charge on any atom is 0.251 e. The monoisotopic (exact) mass is 201 g/mol. The molecule has 4 heteroatoms. The molecule has 4 nitrogen and oxygen atoms in total. The third-order valence-corrected chi connectivity index (χ3v) is 1.55. The second-order valence-corrected chi connectivity index (χ2v) is 3.50. The fourth-order valence-corrected chi connectivity index (χ4v) is 0.722. The van der Waals surface area contributed by atoms with Crippen LogP contribution in [0.15, 0.2) is 12.7 Å². The Balaban J connectivity index is 3.37. The summed E-state index contributed by atoms with van der Waals surface area (Å²) in [4.78, 5) is 11.1. The Labute approximate surface area is 85.0 Å². The molecular formula is C10H19NO3. The van der Waals surface area contributed by atoms with Gasteiger partial charge in [0.2, 0.25) is 0 Å². The van der Waals surface area contributed by atoms with Gasteiger partial charge in [0.25, 0.3) is 5.91 Å². The molecular weight excluding hydrogens is 182 g/mol. The molecule has 0 radical (unpaired) electrons. The minimum atomic E-state index is -1.32. The Kier molecular flexibility index (Phi) is 6.16. The second-order valence-electron chi connectivity index (χ2n) is 3.50. The molecule has 0 rings (SSSR count). The number of nitrogens with one attached hydrogen (secondary N) is 1. The zero-order valence-corrected chi connectivity index (χ0v) is 8.88. The first-order chi connectivity index (χ1) is 6.48. The van der Waals surface area contributed by atoms with Crippen molar-refractivity contribution in [2.75, 3.05) is 19.8 Å². The van der Waals surface area contributed by atoms with Gasteiger partial charge in [-0.2, -0.15) is 0 Å². The first-order valence-corrected chi connectivity index (χ1v) is 4.68. The average Bonchev–Trinajstić information content (AvgIpc) is 2.09. The van der Waals surface area contributed by atoms with Crippen LogP contribution in [-0.2, 0) is 9.53 Å². The van der Waals surface area contributed by atoms with Gasteiger partial charge in [-0.1, -0.05) is 6.08 Å². The number of aliphatic hydroxyl groups is 1. The van der Waals surface area contributed by atoms with Gasteiger partial charge in [-0.25, -0.2) is 0 Å². The van der Waals surface area contributed by atoms with Crippen LogP contribution in [0.5, 0.6) is 0 Å². The van der Waals surface area contributed by atoms with Crippen LogP contribution in [0.4, 0.5) is 0 Å². The number of ether oxygens (including phenoxy) is 1. The molecule has 0 aromatic carbocycles. The van der Waals surface area contributed by atoms with Gasteiger partial charge in [-0.05, 0) is 20.3 Å². The number of amides is 1. The van der Waals surface area contributed by atoms with Crippen LogP contribution in [0.3, 0.4) is 0 Å². The maximum absolute atomic E-state index is 11.1. The largest absolute Gasteiger partial charge is 0.381 e. The molecule has 82 valence electrons. The van der Waals surface area contributed by atoms with Gasteiger partial charge in [-0.3, -0.25) is 4.79 Å². The van der Waals surface area contributed by atoms with Crippen LogP contribution in [0.1, 0.15) is 20.3 Å². The molecule has 0 aliphatic carbocycles. The van der Waals surface area contributed by atoms with Crippen LogP contribution < -0.4 is 5.32 Å². The van der Waals surface area contributed by atoms with Gasteiger partial charge in [0, 0.05) is 6.54 Å². The lowest BCUT2D eigenvalue weighted by atomic mass is 10.1. The van der Waals surface area contributed by atoms with Crippen molar-refractivity contribution in [1.82, 2.24) is 5.32 Å². The SMILES string of the molecule is C=CCCOCCNC(=O)C(C)(C)O. The van der Waals surface area contributed by atoms with Crippen molar-refractivity contribution in [1.29, 1.82) is 0 Å². The summed E-state index contributed by atoms with van der Waals surface area (Å²) < 4.78 is 5.17. The summed E-state index contributed by atoms with van der Waals surface area (Å²) >= 11 is 0. The topological polar surface area (TPSA) is 58.6 Å². The summed E-state index contributed by atoms with van der Waals surface area (Å²) in [7, 11) is 0. The van der Waals surface area contributed by atoms with E-state index in [0.29, 0.717) is 19.8 Å². The number of carbonyl (C=O) groups is 1. The zero-order chi connectivity index (χ0) is 11.0. The van der Waals surface area contributed by atoms with E-state index in [-0.39, 0.29) is 5.91 Å². The number of hydrogen-bond donors (Lipinski definition) is 2. The van der Waals surface area contributed by atoms with Crippen LogP contribution in [0, 0.1) is 0 Å². The fourth-order valence-electron chi connectivity index (χ4n) is 0.722. The normalized spacial score (nSPS) is 11.1. The number of carbonyl (C=O) groups excluding carboxylic acids is 1. The highest BCUT2D eigenvalue weighted by Crippen LogP contribution is 1.98. The third-order valence-electron chi connectivity index (χ3n) is 1.55. The molecule has 0 atom stereocenters. The molecule has 0 bridgehead atoms. The van der Waals surface area contributed by atoms with Crippen molar-refractivity contribution < 1.29 is 14.6 Å². The Morgan fingerprint density at radius 2 is 2.21 bits per heavy atom. The van der Waals surface area contributed by atoms with E-state index in [1.807, 2.05) is 0 Å². The second kappa shape index (κ2) is 6.56. The third kappa shape index (κ3) is 6.62. The highest BCUT2D eigenvalue weighted by Gasteiger charge is 2.22. The summed E-state index contributed by atoms with van der Waals surface area (Å²) in [5.74, 6) is -0.384. The molecule has 0 spiro atoms. The summed E-state index contributed by atoms with van der Waals surface area (Å²) in [6.07, 6.45) is 2.58. The Morgan fingerprint density at radius 1 is 1.57 bits per heavy atom. The quantitative estimate of drug-likeness (QED) is 0.465. The first kappa shape index (κ1) is 13.1. The van der Waals surface area contributed by atoms with Gasteiger partial charge in [0.05, 0.1) is 13.2 Å². The van der Waals surface area contributed by atoms with Gasteiger partial charge in [0.1, 0.15) is 5.60 Å². The predicted molar refractivity (Wildman–Crippen MR) is 54.9 cm³/mol. The minimum absolute atomic E-state index is 0.384.